The quantitative estimate of drug-likeness (QED) is 0.602. The van der Waals surface area contributed by atoms with Crippen LogP contribution in [0.4, 0.5) is 4.39 Å². The molecule has 6 heteroatoms. The van der Waals surface area contributed by atoms with Gasteiger partial charge in [-0.1, -0.05) is 24.3 Å². The molecule has 130 valence electrons. The van der Waals surface area contributed by atoms with Gasteiger partial charge in [0.2, 0.25) is 0 Å². The number of hydrogen-bond acceptors (Lipinski definition) is 3. The molecule has 0 spiro atoms. The lowest BCUT2D eigenvalue weighted by Gasteiger charge is -2.03. The van der Waals surface area contributed by atoms with Crippen molar-refractivity contribution in [1.29, 1.82) is 0 Å². The normalized spacial score (nSPS) is 12.0. The van der Waals surface area contributed by atoms with Crippen molar-refractivity contribution in [2.75, 3.05) is 5.75 Å². The molecule has 1 aromatic heterocycles. The molecule has 0 N–H and O–H groups in total. The standard InChI is InChI=1S/C19H19FN2OS2/c1-3-10-22-16-9-4-13(2)11-17(16)25-19(22)21-18(23)12-24-15-7-5-14(20)6-8-15/h4-9,11H,3,10,12H2,1-2H3. The molecule has 3 aromatic rings. The van der Waals surface area contributed by atoms with Crippen LogP contribution in [0.1, 0.15) is 18.9 Å². The Hall–Kier alpha value is -1.92. The van der Waals surface area contributed by atoms with Crippen LogP contribution in [-0.2, 0) is 11.3 Å². The van der Waals surface area contributed by atoms with Gasteiger partial charge in [-0.15, -0.1) is 11.8 Å². The van der Waals surface area contributed by atoms with E-state index < -0.39 is 0 Å². The molecule has 0 fully saturated rings. The summed E-state index contributed by atoms with van der Waals surface area (Å²) in [6, 6.07) is 12.4. The maximum absolute atomic E-state index is 12.9. The average molecular weight is 375 g/mol. The molecular weight excluding hydrogens is 355 g/mol. The lowest BCUT2D eigenvalue weighted by Crippen LogP contribution is -2.17. The van der Waals surface area contributed by atoms with Gasteiger partial charge in [-0.2, -0.15) is 4.99 Å². The summed E-state index contributed by atoms with van der Waals surface area (Å²) >= 11 is 2.92. The largest absolute Gasteiger partial charge is 0.316 e. The molecular formula is C19H19FN2OS2. The van der Waals surface area contributed by atoms with E-state index in [9.17, 15) is 9.18 Å². The second-order valence-corrected chi connectivity index (χ2v) is 7.81. The number of amides is 1. The van der Waals surface area contributed by atoms with Crippen LogP contribution in [0.2, 0.25) is 0 Å². The Bertz CT molecular complexity index is 958. The van der Waals surface area contributed by atoms with Crippen molar-refractivity contribution in [3.8, 4) is 0 Å². The fourth-order valence-corrected chi connectivity index (χ4v) is 4.38. The molecule has 1 heterocycles. The zero-order chi connectivity index (χ0) is 17.8. The van der Waals surface area contributed by atoms with Gasteiger partial charge < -0.3 is 4.57 Å². The average Bonchev–Trinajstić information content (AvgIpc) is 2.91. The molecule has 0 aliphatic rings. The van der Waals surface area contributed by atoms with E-state index in [0.29, 0.717) is 0 Å². The summed E-state index contributed by atoms with van der Waals surface area (Å²) in [5.74, 6) is -0.214. The molecule has 2 aromatic carbocycles. The Kier molecular flexibility index (Phi) is 5.71. The summed E-state index contributed by atoms with van der Waals surface area (Å²) in [5, 5.41) is 0. The Balaban J connectivity index is 1.84. The third-order valence-electron chi connectivity index (χ3n) is 3.68. The molecule has 0 saturated carbocycles. The number of carbonyl (C=O) groups excluding carboxylic acids is 1. The van der Waals surface area contributed by atoms with Gasteiger partial charge in [-0.3, -0.25) is 4.79 Å². The van der Waals surface area contributed by atoms with Gasteiger partial charge in [0.15, 0.2) is 4.80 Å². The van der Waals surface area contributed by atoms with Crippen LogP contribution in [0, 0.1) is 12.7 Å². The molecule has 0 atom stereocenters. The molecule has 25 heavy (non-hydrogen) atoms. The summed E-state index contributed by atoms with van der Waals surface area (Å²) in [6.45, 7) is 5.01. The number of aryl methyl sites for hydroxylation is 2. The minimum atomic E-state index is -0.276. The Morgan fingerprint density at radius 2 is 2.00 bits per heavy atom. The number of carbonyl (C=O) groups is 1. The van der Waals surface area contributed by atoms with E-state index in [1.165, 1.54) is 29.5 Å². The molecule has 0 saturated heterocycles. The summed E-state index contributed by atoms with van der Waals surface area (Å²) in [5.41, 5.74) is 2.32. The van der Waals surface area contributed by atoms with Gasteiger partial charge >= 0.3 is 0 Å². The predicted molar refractivity (Wildman–Crippen MR) is 103 cm³/mol. The Labute approximate surface area is 154 Å². The van der Waals surface area contributed by atoms with E-state index in [1.54, 1.807) is 23.5 Å². The number of hydrogen-bond donors (Lipinski definition) is 0. The Morgan fingerprint density at radius 1 is 1.24 bits per heavy atom. The van der Waals surface area contributed by atoms with E-state index in [2.05, 4.69) is 41.6 Å². The second kappa shape index (κ2) is 7.97. The smallest absolute Gasteiger partial charge is 0.258 e. The van der Waals surface area contributed by atoms with Crippen molar-refractivity contribution >= 4 is 39.2 Å². The summed E-state index contributed by atoms with van der Waals surface area (Å²) in [6.07, 6.45) is 0.978. The molecule has 1 amide bonds. The zero-order valence-electron chi connectivity index (χ0n) is 14.2. The minimum absolute atomic E-state index is 0.178. The van der Waals surface area contributed by atoms with E-state index in [4.69, 9.17) is 0 Å². The van der Waals surface area contributed by atoms with Gasteiger partial charge in [0.05, 0.1) is 16.0 Å². The van der Waals surface area contributed by atoms with Crippen molar-refractivity contribution in [3.63, 3.8) is 0 Å². The third-order valence-corrected chi connectivity index (χ3v) is 5.72. The van der Waals surface area contributed by atoms with Crippen LogP contribution >= 0.6 is 23.1 Å². The maximum atomic E-state index is 12.9. The van der Waals surface area contributed by atoms with Gasteiger partial charge in [0.25, 0.3) is 5.91 Å². The molecule has 3 rings (SSSR count). The van der Waals surface area contributed by atoms with Gasteiger partial charge in [-0.25, -0.2) is 4.39 Å². The number of halogens is 1. The first-order valence-electron chi connectivity index (χ1n) is 8.12. The lowest BCUT2D eigenvalue weighted by molar-refractivity contribution is -0.115. The van der Waals surface area contributed by atoms with Gasteiger partial charge in [0, 0.05) is 11.4 Å². The van der Waals surface area contributed by atoms with E-state index in [-0.39, 0.29) is 17.5 Å². The fraction of sp³-hybridized carbons (Fsp3) is 0.263. The van der Waals surface area contributed by atoms with Gasteiger partial charge in [-0.05, 0) is 55.3 Å². The summed E-state index contributed by atoms with van der Waals surface area (Å²) in [7, 11) is 0. The zero-order valence-corrected chi connectivity index (χ0v) is 15.8. The van der Waals surface area contributed by atoms with Crippen LogP contribution in [0.15, 0.2) is 52.4 Å². The van der Waals surface area contributed by atoms with Crippen molar-refractivity contribution in [1.82, 2.24) is 4.57 Å². The molecule has 0 aliphatic heterocycles. The van der Waals surface area contributed by atoms with Crippen molar-refractivity contribution < 1.29 is 9.18 Å². The monoisotopic (exact) mass is 374 g/mol. The van der Waals surface area contributed by atoms with Crippen LogP contribution < -0.4 is 4.80 Å². The number of benzene rings is 2. The SMILES string of the molecule is CCCn1c(=NC(=O)CSc2ccc(F)cc2)sc2cc(C)ccc21. The summed E-state index contributed by atoms with van der Waals surface area (Å²) < 4.78 is 16.2. The highest BCUT2D eigenvalue weighted by molar-refractivity contribution is 8.00. The third kappa shape index (κ3) is 4.38. The van der Waals surface area contributed by atoms with Crippen LogP contribution in [0.25, 0.3) is 10.2 Å². The molecule has 0 unspecified atom stereocenters. The highest BCUT2D eigenvalue weighted by atomic mass is 32.2. The number of nitrogens with zero attached hydrogens (tertiary/aromatic N) is 2. The van der Waals surface area contributed by atoms with E-state index >= 15 is 0 Å². The van der Waals surface area contributed by atoms with E-state index in [1.807, 2.05) is 0 Å². The summed E-state index contributed by atoms with van der Waals surface area (Å²) in [4.78, 5) is 18.2. The Morgan fingerprint density at radius 3 is 2.72 bits per heavy atom. The number of fused-ring (bicyclic) bond motifs is 1. The van der Waals surface area contributed by atoms with Crippen molar-refractivity contribution in [2.24, 2.45) is 4.99 Å². The van der Waals surface area contributed by atoms with Gasteiger partial charge in [0.1, 0.15) is 5.82 Å². The topological polar surface area (TPSA) is 34.4 Å². The highest BCUT2D eigenvalue weighted by Gasteiger charge is 2.08. The van der Waals surface area contributed by atoms with Crippen molar-refractivity contribution in [3.05, 3.63) is 58.6 Å². The van der Waals surface area contributed by atoms with E-state index in [0.717, 1.165) is 32.9 Å². The molecule has 3 nitrogen and oxygen atoms in total. The first kappa shape index (κ1) is 17.9. The number of aromatic nitrogens is 1. The van der Waals surface area contributed by atoms with Crippen LogP contribution in [0.5, 0.6) is 0 Å². The number of thiazole rings is 1. The predicted octanol–water partition coefficient (Wildman–Crippen LogP) is 4.78. The lowest BCUT2D eigenvalue weighted by atomic mass is 10.2. The number of rotatable bonds is 5. The first-order chi connectivity index (χ1) is 12.1. The first-order valence-corrected chi connectivity index (χ1v) is 9.93. The van der Waals surface area contributed by atoms with Crippen LogP contribution in [-0.4, -0.2) is 16.2 Å². The van der Waals surface area contributed by atoms with Crippen molar-refractivity contribution in [2.45, 2.75) is 31.7 Å². The maximum Gasteiger partial charge on any atom is 0.258 e. The van der Waals surface area contributed by atoms with Crippen LogP contribution in [0.3, 0.4) is 0 Å². The number of thioether (sulfide) groups is 1. The molecule has 0 aliphatic carbocycles. The minimum Gasteiger partial charge on any atom is -0.316 e. The highest BCUT2D eigenvalue weighted by Crippen LogP contribution is 2.20. The second-order valence-electron chi connectivity index (χ2n) is 5.76. The fourth-order valence-electron chi connectivity index (χ4n) is 2.52. The molecule has 0 bridgehead atoms. The molecule has 0 radical (unpaired) electrons.